The quantitative estimate of drug-likeness (QED) is 0.625. The van der Waals surface area contributed by atoms with Gasteiger partial charge in [-0.05, 0) is 36.1 Å². The predicted molar refractivity (Wildman–Crippen MR) is 90.5 cm³/mol. The van der Waals surface area contributed by atoms with Gasteiger partial charge < -0.3 is 9.64 Å². The van der Waals surface area contributed by atoms with E-state index in [-0.39, 0.29) is 11.6 Å². The number of nitro groups is 1. The average Bonchev–Trinajstić information content (AvgIpc) is 3.03. The smallest absolute Gasteiger partial charge is 0.271 e. The minimum Gasteiger partial charge on any atom is -0.497 e. The highest BCUT2D eigenvalue weighted by Crippen LogP contribution is 2.32. The van der Waals surface area contributed by atoms with Crippen molar-refractivity contribution < 1.29 is 14.5 Å². The molecule has 0 radical (unpaired) electrons. The van der Waals surface area contributed by atoms with Crippen LogP contribution in [0.4, 0.5) is 11.4 Å². The van der Waals surface area contributed by atoms with Gasteiger partial charge in [-0.25, -0.2) is 0 Å². The molecule has 1 aliphatic rings. The number of rotatable bonds is 5. The summed E-state index contributed by atoms with van der Waals surface area (Å²) in [6, 6.07) is 12.3. The summed E-state index contributed by atoms with van der Waals surface area (Å²) < 4.78 is 5.12. The second-order valence-corrected chi connectivity index (χ2v) is 5.71. The first kappa shape index (κ1) is 16.0. The van der Waals surface area contributed by atoms with E-state index in [0.29, 0.717) is 25.1 Å². The summed E-state index contributed by atoms with van der Waals surface area (Å²) in [4.78, 5) is 24.7. The number of non-ortho nitro benzene ring substituents is 1. The van der Waals surface area contributed by atoms with E-state index in [0.717, 1.165) is 23.3 Å². The third kappa shape index (κ3) is 3.22. The van der Waals surface area contributed by atoms with Gasteiger partial charge in [-0.1, -0.05) is 18.2 Å². The lowest BCUT2D eigenvalue weighted by atomic mass is 10.1. The van der Waals surface area contributed by atoms with Crippen molar-refractivity contribution in [1.82, 2.24) is 0 Å². The number of amides is 1. The van der Waals surface area contributed by atoms with E-state index in [4.69, 9.17) is 4.74 Å². The van der Waals surface area contributed by atoms with Gasteiger partial charge in [-0.3, -0.25) is 14.9 Å². The third-order valence-electron chi connectivity index (χ3n) is 4.26. The third-order valence-corrected chi connectivity index (χ3v) is 4.26. The summed E-state index contributed by atoms with van der Waals surface area (Å²) in [5, 5.41) is 10.9. The zero-order valence-electron chi connectivity index (χ0n) is 13.4. The van der Waals surface area contributed by atoms with Crippen LogP contribution in [0.5, 0.6) is 5.75 Å². The van der Waals surface area contributed by atoms with E-state index in [2.05, 4.69) is 0 Å². The van der Waals surface area contributed by atoms with Crippen LogP contribution in [-0.2, 0) is 17.6 Å². The maximum absolute atomic E-state index is 12.5. The summed E-state index contributed by atoms with van der Waals surface area (Å²) in [5.74, 6) is 0.774. The first-order chi connectivity index (χ1) is 11.6. The van der Waals surface area contributed by atoms with Crippen LogP contribution in [0, 0.1) is 10.1 Å². The number of nitrogens with zero attached hydrogens (tertiary/aromatic N) is 2. The van der Waals surface area contributed by atoms with Crippen molar-refractivity contribution in [2.45, 2.75) is 19.3 Å². The van der Waals surface area contributed by atoms with Crippen LogP contribution >= 0.6 is 0 Å². The molecule has 1 aliphatic heterocycles. The van der Waals surface area contributed by atoms with Crippen molar-refractivity contribution in [3.63, 3.8) is 0 Å². The molecule has 0 fully saturated rings. The van der Waals surface area contributed by atoms with Gasteiger partial charge in [0.1, 0.15) is 5.75 Å². The Balaban J connectivity index is 1.68. The number of carbonyl (C=O) groups excluding carboxylic acids is 1. The highest BCUT2D eigenvalue weighted by atomic mass is 16.6. The zero-order valence-corrected chi connectivity index (χ0v) is 13.4. The maximum Gasteiger partial charge on any atom is 0.271 e. The first-order valence-electron chi connectivity index (χ1n) is 7.79. The molecule has 0 N–H and O–H groups in total. The standard InChI is InChI=1S/C18H18N2O4/c1-24-16-7-2-13(3-8-16)4-9-18(21)19-11-10-14-5-6-15(20(22)23)12-17(14)19/h2-3,5-8,12H,4,9-11H2,1H3. The van der Waals surface area contributed by atoms with E-state index < -0.39 is 4.92 Å². The number of methoxy groups -OCH3 is 1. The molecule has 0 aliphatic carbocycles. The summed E-state index contributed by atoms with van der Waals surface area (Å²) in [7, 11) is 1.61. The minimum atomic E-state index is -0.432. The molecule has 3 rings (SSSR count). The minimum absolute atomic E-state index is 0.00920. The van der Waals surface area contributed by atoms with Gasteiger partial charge in [0.2, 0.25) is 5.91 Å². The Labute approximate surface area is 139 Å². The highest BCUT2D eigenvalue weighted by molar-refractivity contribution is 5.96. The van der Waals surface area contributed by atoms with Crippen LogP contribution in [0.15, 0.2) is 42.5 Å². The lowest BCUT2D eigenvalue weighted by molar-refractivity contribution is -0.384. The first-order valence-corrected chi connectivity index (χ1v) is 7.79. The molecule has 6 nitrogen and oxygen atoms in total. The summed E-state index contributed by atoms with van der Waals surface area (Å²) >= 11 is 0. The molecule has 0 bridgehead atoms. The Morgan fingerprint density at radius 3 is 2.67 bits per heavy atom. The number of aryl methyl sites for hydroxylation is 1. The number of ether oxygens (including phenoxy) is 1. The molecular weight excluding hydrogens is 308 g/mol. The Morgan fingerprint density at radius 1 is 1.25 bits per heavy atom. The Morgan fingerprint density at radius 2 is 2.00 bits per heavy atom. The molecule has 0 saturated heterocycles. The Kier molecular flexibility index (Phi) is 4.46. The van der Waals surface area contributed by atoms with Gasteiger partial charge in [0, 0.05) is 25.1 Å². The molecule has 24 heavy (non-hydrogen) atoms. The highest BCUT2D eigenvalue weighted by Gasteiger charge is 2.26. The van der Waals surface area contributed by atoms with Gasteiger partial charge in [0.25, 0.3) is 5.69 Å². The van der Waals surface area contributed by atoms with E-state index in [1.165, 1.54) is 12.1 Å². The number of fused-ring (bicyclic) bond motifs is 1. The molecular formula is C18H18N2O4. The lowest BCUT2D eigenvalue weighted by Gasteiger charge is -2.17. The molecule has 6 heteroatoms. The van der Waals surface area contributed by atoms with Crippen LogP contribution in [-0.4, -0.2) is 24.5 Å². The fraction of sp³-hybridized carbons (Fsp3) is 0.278. The second kappa shape index (κ2) is 6.70. The number of hydrogen-bond acceptors (Lipinski definition) is 4. The summed E-state index contributed by atoms with van der Waals surface area (Å²) in [6.45, 7) is 0.581. The maximum atomic E-state index is 12.5. The number of anilines is 1. The van der Waals surface area contributed by atoms with Crippen molar-refractivity contribution in [1.29, 1.82) is 0 Å². The van der Waals surface area contributed by atoms with Crippen molar-refractivity contribution in [2.75, 3.05) is 18.6 Å². The van der Waals surface area contributed by atoms with E-state index in [1.54, 1.807) is 18.1 Å². The van der Waals surface area contributed by atoms with Crippen LogP contribution in [0.25, 0.3) is 0 Å². The number of carbonyl (C=O) groups is 1. The van der Waals surface area contributed by atoms with Crippen LogP contribution in [0.3, 0.4) is 0 Å². The zero-order chi connectivity index (χ0) is 17.1. The van der Waals surface area contributed by atoms with Gasteiger partial charge in [0.05, 0.1) is 17.7 Å². The van der Waals surface area contributed by atoms with E-state index in [9.17, 15) is 14.9 Å². The molecule has 1 amide bonds. The van der Waals surface area contributed by atoms with Gasteiger partial charge in [0.15, 0.2) is 0 Å². The lowest BCUT2D eigenvalue weighted by Crippen LogP contribution is -2.29. The van der Waals surface area contributed by atoms with Gasteiger partial charge in [-0.15, -0.1) is 0 Å². The number of nitro benzene ring substituents is 1. The van der Waals surface area contributed by atoms with E-state index in [1.807, 2.05) is 24.3 Å². The summed E-state index contributed by atoms with van der Waals surface area (Å²) in [6.07, 6.45) is 1.74. The van der Waals surface area contributed by atoms with Crippen LogP contribution in [0.2, 0.25) is 0 Å². The Bertz CT molecular complexity index is 771. The van der Waals surface area contributed by atoms with Crippen LogP contribution < -0.4 is 9.64 Å². The van der Waals surface area contributed by atoms with Crippen LogP contribution in [0.1, 0.15) is 17.5 Å². The SMILES string of the molecule is COc1ccc(CCC(=O)N2CCc3ccc([N+](=O)[O-])cc32)cc1. The molecule has 0 atom stereocenters. The number of benzene rings is 2. The van der Waals surface area contributed by atoms with Crippen molar-refractivity contribution in [2.24, 2.45) is 0 Å². The molecule has 2 aromatic rings. The fourth-order valence-corrected chi connectivity index (χ4v) is 2.92. The molecule has 0 aromatic heterocycles. The normalized spacial score (nSPS) is 12.8. The largest absolute Gasteiger partial charge is 0.497 e. The number of hydrogen-bond donors (Lipinski definition) is 0. The topological polar surface area (TPSA) is 72.7 Å². The average molecular weight is 326 g/mol. The second-order valence-electron chi connectivity index (χ2n) is 5.71. The molecule has 0 saturated carbocycles. The molecule has 0 spiro atoms. The molecule has 0 unspecified atom stereocenters. The van der Waals surface area contributed by atoms with Gasteiger partial charge in [-0.2, -0.15) is 0 Å². The molecule has 124 valence electrons. The van der Waals surface area contributed by atoms with Crippen molar-refractivity contribution in [3.8, 4) is 5.75 Å². The van der Waals surface area contributed by atoms with Crippen molar-refractivity contribution >= 4 is 17.3 Å². The fourth-order valence-electron chi connectivity index (χ4n) is 2.92. The van der Waals surface area contributed by atoms with Crippen molar-refractivity contribution in [3.05, 3.63) is 63.7 Å². The molecule has 1 heterocycles. The van der Waals surface area contributed by atoms with E-state index >= 15 is 0 Å². The summed E-state index contributed by atoms with van der Waals surface area (Å²) in [5.41, 5.74) is 2.73. The Hall–Kier alpha value is -2.89. The van der Waals surface area contributed by atoms with Gasteiger partial charge >= 0.3 is 0 Å². The monoisotopic (exact) mass is 326 g/mol. The predicted octanol–water partition coefficient (Wildman–Crippen LogP) is 3.13. The molecule has 2 aromatic carbocycles.